The van der Waals surface area contributed by atoms with Crippen LogP contribution >= 0.6 is 0 Å². The van der Waals surface area contributed by atoms with Crippen LogP contribution in [0.4, 0.5) is 4.79 Å². The van der Waals surface area contributed by atoms with Gasteiger partial charge in [-0.05, 0) is 68.1 Å². The van der Waals surface area contributed by atoms with Gasteiger partial charge in [-0.3, -0.25) is 10.1 Å². The van der Waals surface area contributed by atoms with Crippen molar-refractivity contribution in [3.05, 3.63) is 132 Å². The van der Waals surface area contributed by atoms with Gasteiger partial charge in [0.2, 0.25) is 5.91 Å². The molecule has 6 N–H and O–H groups in total. The van der Waals surface area contributed by atoms with Gasteiger partial charge < -0.3 is 35.0 Å². The number of hydrogen-bond donors (Lipinski definition) is 6. The summed E-state index contributed by atoms with van der Waals surface area (Å²) in [6.45, 7) is 5.43. The average Bonchev–Trinajstić information content (AvgIpc) is 3.56. The van der Waals surface area contributed by atoms with Crippen molar-refractivity contribution in [2.75, 3.05) is 7.11 Å². The Morgan fingerprint density at radius 3 is 2.13 bits per heavy atom. The highest BCUT2D eigenvalue weighted by Crippen LogP contribution is 2.18. The number of hydroxylamine groups is 1. The highest BCUT2D eigenvalue weighted by molar-refractivity contribution is 5.89. The first-order valence-corrected chi connectivity index (χ1v) is 17.3. The van der Waals surface area contributed by atoms with Gasteiger partial charge in [-0.2, -0.15) is 0 Å². The van der Waals surface area contributed by atoms with Crippen LogP contribution in [0, 0.1) is 0 Å². The topological polar surface area (TPSA) is 176 Å². The number of methoxy groups -OCH3 is 1. The maximum atomic E-state index is 14.3. The monoisotopic (exact) mass is 722 g/mol. The third kappa shape index (κ3) is 11.4. The van der Waals surface area contributed by atoms with Crippen molar-refractivity contribution in [2.45, 2.75) is 70.1 Å². The Hall–Kier alpha value is -5.76. The molecular weight excluding hydrogens is 676 g/mol. The van der Waals surface area contributed by atoms with E-state index >= 15 is 0 Å². The van der Waals surface area contributed by atoms with Crippen LogP contribution in [0.3, 0.4) is 0 Å². The predicted molar refractivity (Wildman–Crippen MR) is 199 cm³/mol. The van der Waals surface area contributed by atoms with E-state index in [-0.39, 0.29) is 19.5 Å². The zero-order valence-electron chi connectivity index (χ0n) is 30.2. The van der Waals surface area contributed by atoms with E-state index in [4.69, 9.17) is 14.3 Å². The molecule has 5 aromatic rings. The number of amides is 2. The largest absolute Gasteiger partial charge is 0.497 e. The maximum absolute atomic E-state index is 14.3. The molecular formula is C40H46N6O7. The molecule has 13 nitrogen and oxygen atoms in total. The van der Waals surface area contributed by atoms with E-state index in [0.29, 0.717) is 17.1 Å². The summed E-state index contributed by atoms with van der Waals surface area (Å²) in [6, 6.07) is 29.0. The van der Waals surface area contributed by atoms with Gasteiger partial charge >= 0.3 is 12.1 Å². The molecule has 0 aliphatic carbocycles. The van der Waals surface area contributed by atoms with E-state index in [1.807, 2.05) is 66.7 Å². The molecule has 5 rings (SSSR count). The summed E-state index contributed by atoms with van der Waals surface area (Å²) in [6.07, 6.45) is -2.09. The fourth-order valence-corrected chi connectivity index (χ4v) is 5.64. The number of alkyl carbamates (subject to hydrolysis) is 1. The number of H-pyrrole nitrogens is 1. The molecule has 0 fully saturated rings. The quantitative estimate of drug-likeness (QED) is 0.0788. The third-order valence-corrected chi connectivity index (χ3v) is 8.23. The van der Waals surface area contributed by atoms with E-state index < -0.39 is 47.8 Å². The molecule has 0 bridgehead atoms. The van der Waals surface area contributed by atoms with Crippen molar-refractivity contribution in [3.8, 4) is 5.75 Å². The van der Waals surface area contributed by atoms with Crippen molar-refractivity contribution in [2.24, 2.45) is 0 Å². The minimum Gasteiger partial charge on any atom is -0.497 e. The number of benzene rings is 4. The van der Waals surface area contributed by atoms with E-state index in [0.717, 1.165) is 22.2 Å². The van der Waals surface area contributed by atoms with Crippen LogP contribution < -0.4 is 26.2 Å². The lowest BCUT2D eigenvalue weighted by molar-refractivity contribution is -0.156. The van der Waals surface area contributed by atoms with Crippen LogP contribution in [-0.4, -0.2) is 63.9 Å². The van der Waals surface area contributed by atoms with Gasteiger partial charge in [-0.25, -0.2) is 14.6 Å². The number of aliphatic hydroxyl groups is 1. The Labute approximate surface area is 308 Å². The van der Waals surface area contributed by atoms with Gasteiger partial charge in [0.05, 0.1) is 36.8 Å². The lowest BCUT2D eigenvalue weighted by Crippen LogP contribution is -2.60. The molecule has 2 amide bonds. The van der Waals surface area contributed by atoms with Gasteiger partial charge in [0.25, 0.3) is 0 Å². The van der Waals surface area contributed by atoms with Crippen molar-refractivity contribution in [1.29, 1.82) is 0 Å². The first-order valence-electron chi connectivity index (χ1n) is 17.3. The fraction of sp³-hybridized carbons (Fsp3) is 0.300. The van der Waals surface area contributed by atoms with Crippen LogP contribution in [0.15, 0.2) is 109 Å². The molecule has 0 radical (unpaired) electrons. The summed E-state index contributed by atoms with van der Waals surface area (Å²) in [4.78, 5) is 54.1. The zero-order valence-corrected chi connectivity index (χ0v) is 30.2. The van der Waals surface area contributed by atoms with E-state index in [1.54, 1.807) is 70.3 Å². The Kier molecular flexibility index (Phi) is 13.2. The molecule has 1 unspecified atom stereocenters. The Bertz CT molecular complexity index is 1900. The van der Waals surface area contributed by atoms with Gasteiger partial charge in [0.1, 0.15) is 23.2 Å². The molecule has 13 heteroatoms. The maximum Gasteiger partial charge on any atom is 0.407 e. The number of carbonyl (C=O) groups is 3. The highest BCUT2D eigenvalue weighted by Gasteiger charge is 2.37. The number of para-hydroxylation sites is 2. The Morgan fingerprint density at radius 1 is 0.811 bits per heavy atom. The van der Waals surface area contributed by atoms with Gasteiger partial charge in [0.15, 0.2) is 6.04 Å². The lowest BCUT2D eigenvalue weighted by Gasteiger charge is -2.32. The number of imidazole rings is 1. The van der Waals surface area contributed by atoms with Crippen LogP contribution in [0.5, 0.6) is 5.75 Å². The number of nitrogens with zero attached hydrogens (tertiary/aromatic N) is 1. The molecule has 1 aromatic heterocycles. The van der Waals surface area contributed by atoms with Crippen LogP contribution in [0.2, 0.25) is 0 Å². The summed E-state index contributed by atoms with van der Waals surface area (Å²) in [5.41, 5.74) is 5.50. The lowest BCUT2D eigenvalue weighted by atomic mass is 9.95. The minimum absolute atomic E-state index is 0.0815. The van der Waals surface area contributed by atoms with Crippen molar-refractivity contribution < 1.29 is 33.8 Å². The minimum atomic E-state index is -1.50. The van der Waals surface area contributed by atoms with Gasteiger partial charge in [-0.1, -0.05) is 84.9 Å². The number of aliphatic hydroxyl groups excluding tert-OH is 1. The second kappa shape index (κ2) is 18.1. The summed E-state index contributed by atoms with van der Waals surface area (Å²) in [7, 11) is 1.57. The third-order valence-electron chi connectivity index (χ3n) is 8.23. The van der Waals surface area contributed by atoms with Crippen LogP contribution in [0.1, 0.15) is 49.3 Å². The number of nitrogens with one attached hydrogen (secondary N) is 5. The molecule has 0 aliphatic heterocycles. The molecule has 0 spiro atoms. The second-order valence-electron chi connectivity index (χ2n) is 13.4. The normalized spacial score (nSPS) is 13.7. The molecule has 0 saturated heterocycles. The Morgan fingerprint density at radius 2 is 1.47 bits per heavy atom. The first kappa shape index (κ1) is 38.5. The summed E-state index contributed by atoms with van der Waals surface area (Å²) < 4.78 is 10.8. The number of ether oxygens (including phenoxy) is 2. The molecule has 278 valence electrons. The van der Waals surface area contributed by atoms with E-state index in [1.165, 1.54) is 0 Å². The molecule has 0 aliphatic rings. The summed E-state index contributed by atoms with van der Waals surface area (Å²) in [5.74, 6) is -0.298. The second-order valence-corrected chi connectivity index (χ2v) is 13.4. The predicted octanol–water partition coefficient (Wildman–Crippen LogP) is 4.63. The summed E-state index contributed by atoms with van der Waals surface area (Å²) >= 11 is 0. The number of aromatic nitrogens is 2. The first-order chi connectivity index (χ1) is 25.5. The highest BCUT2D eigenvalue weighted by atomic mass is 16.7. The Balaban J connectivity index is 1.39. The van der Waals surface area contributed by atoms with Gasteiger partial charge in [-0.15, -0.1) is 5.48 Å². The SMILES string of the molecule is COc1ccc(CN[C@@H](C(=O)NC(C(=O)ONCc2nc3ccccc3[nH]2)c2ccccc2)[C@H](O)[C@H](Cc2ccccc2)NC(=O)OC(C)(C)C)cc1. The number of fused-ring (bicyclic) bond motifs is 1. The van der Waals surface area contributed by atoms with Crippen molar-refractivity contribution >= 4 is 29.0 Å². The van der Waals surface area contributed by atoms with Gasteiger partial charge in [0, 0.05) is 6.54 Å². The zero-order chi connectivity index (χ0) is 37.8. The average molecular weight is 723 g/mol. The summed E-state index contributed by atoms with van der Waals surface area (Å²) in [5, 5.41) is 20.7. The van der Waals surface area contributed by atoms with Crippen LogP contribution in [-0.2, 0) is 38.7 Å². The number of carbonyl (C=O) groups excluding carboxylic acids is 3. The molecule has 0 saturated carbocycles. The van der Waals surface area contributed by atoms with E-state index in [2.05, 4.69) is 31.4 Å². The smallest absolute Gasteiger partial charge is 0.407 e. The van der Waals surface area contributed by atoms with Crippen LogP contribution in [0.25, 0.3) is 11.0 Å². The van der Waals surface area contributed by atoms with Crippen molar-refractivity contribution in [3.63, 3.8) is 0 Å². The number of hydrogen-bond acceptors (Lipinski definition) is 10. The number of rotatable bonds is 16. The molecule has 1 heterocycles. The van der Waals surface area contributed by atoms with E-state index in [9.17, 15) is 19.5 Å². The number of aromatic amines is 1. The fourth-order valence-electron chi connectivity index (χ4n) is 5.64. The van der Waals surface area contributed by atoms with Crippen molar-refractivity contribution in [1.82, 2.24) is 31.4 Å². The molecule has 4 atom stereocenters. The molecule has 4 aromatic carbocycles. The molecule has 53 heavy (non-hydrogen) atoms. The standard InChI is InChI=1S/C40H46N6O7/c1-40(2,3)52-39(50)45-32(23-26-13-7-5-8-14-26)36(47)35(41-24-27-19-21-29(51-4)22-20-27)37(48)46-34(28-15-9-6-10-16-28)38(49)53-42-25-33-43-30-17-11-12-18-31(30)44-33/h5-22,32,34-36,41-42,47H,23-25H2,1-4H3,(H,43,44)(H,45,50)(H,46,48)/t32-,34?,35+,36+/m0/s1.